The molecule has 5 nitrogen and oxygen atoms in total. The van der Waals surface area contributed by atoms with Crippen LogP contribution in [0.25, 0.3) is 10.7 Å². The minimum Gasteiger partial charge on any atom is -0.339 e. The zero-order valence-corrected chi connectivity index (χ0v) is 14.8. The molecule has 1 N–H and O–H groups in total. The minimum absolute atomic E-state index is 0.0809. The van der Waals surface area contributed by atoms with Gasteiger partial charge < -0.3 is 9.84 Å². The van der Waals surface area contributed by atoms with Crippen LogP contribution in [0.3, 0.4) is 0 Å². The maximum atomic E-state index is 12.0. The summed E-state index contributed by atoms with van der Waals surface area (Å²) in [5.74, 6) is 0.956. The van der Waals surface area contributed by atoms with Crippen molar-refractivity contribution in [1.82, 2.24) is 10.1 Å². The zero-order valence-electron chi connectivity index (χ0n) is 12.4. The summed E-state index contributed by atoms with van der Waals surface area (Å²) in [4.78, 5) is 17.3. The molecule has 0 bridgehead atoms. The van der Waals surface area contributed by atoms with Crippen molar-refractivity contribution >= 4 is 38.9 Å². The van der Waals surface area contributed by atoms with E-state index in [0.717, 1.165) is 20.6 Å². The third-order valence-electron chi connectivity index (χ3n) is 3.22. The molecule has 2 heterocycles. The average Bonchev–Trinajstić information content (AvgIpc) is 3.19. The van der Waals surface area contributed by atoms with Crippen LogP contribution in [0.5, 0.6) is 0 Å². The summed E-state index contributed by atoms with van der Waals surface area (Å²) in [6.45, 7) is 1.98. The smallest absolute Gasteiger partial charge is 0.227 e. The summed E-state index contributed by atoms with van der Waals surface area (Å²) in [5, 5.41) is 8.75. The Bertz CT molecular complexity index is 815. The van der Waals surface area contributed by atoms with Gasteiger partial charge in [0.05, 0.1) is 4.88 Å². The number of halogens is 1. The maximum absolute atomic E-state index is 12.0. The third kappa shape index (κ3) is 4.05. The first-order valence-corrected chi connectivity index (χ1v) is 8.71. The van der Waals surface area contributed by atoms with Crippen LogP contribution in [0.15, 0.2) is 44.7 Å². The topological polar surface area (TPSA) is 68.0 Å². The number of amides is 1. The second kappa shape index (κ2) is 7.06. The number of rotatable bonds is 5. The van der Waals surface area contributed by atoms with E-state index in [2.05, 4.69) is 31.4 Å². The van der Waals surface area contributed by atoms with E-state index in [1.165, 1.54) is 0 Å². The lowest BCUT2D eigenvalue weighted by molar-refractivity contribution is -0.116. The Morgan fingerprint density at radius 1 is 1.39 bits per heavy atom. The normalized spacial score (nSPS) is 10.7. The molecule has 1 aromatic carbocycles. The molecule has 0 saturated carbocycles. The first-order chi connectivity index (χ1) is 11.1. The number of hydrogen-bond donors (Lipinski definition) is 1. The molecule has 0 aliphatic carbocycles. The van der Waals surface area contributed by atoms with E-state index in [0.29, 0.717) is 24.6 Å². The van der Waals surface area contributed by atoms with Gasteiger partial charge in [-0.05, 0) is 42.1 Å². The van der Waals surface area contributed by atoms with Crippen LogP contribution in [-0.2, 0) is 11.2 Å². The molecular weight excluding hydrogens is 378 g/mol. The van der Waals surface area contributed by atoms with Crippen LogP contribution in [0.2, 0.25) is 0 Å². The van der Waals surface area contributed by atoms with Crippen molar-refractivity contribution in [3.8, 4) is 10.7 Å². The van der Waals surface area contributed by atoms with E-state index in [-0.39, 0.29) is 5.91 Å². The number of hydrogen-bond acceptors (Lipinski definition) is 5. The fourth-order valence-electron chi connectivity index (χ4n) is 2.03. The van der Waals surface area contributed by atoms with Crippen molar-refractivity contribution in [2.24, 2.45) is 0 Å². The first-order valence-electron chi connectivity index (χ1n) is 7.04. The number of nitrogens with zero attached hydrogens (tertiary/aromatic N) is 2. The Morgan fingerprint density at radius 3 is 3.00 bits per heavy atom. The number of carbonyl (C=O) groups is 1. The molecule has 0 saturated heterocycles. The molecule has 0 atom stereocenters. The Labute approximate surface area is 145 Å². The summed E-state index contributed by atoms with van der Waals surface area (Å²) < 4.78 is 6.20. The molecular formula is C16H14BrN3O2S. The fourth-order valence-corrected chi connectivity index (χ4v) is 2.92. The highest BCUT2D eigenvalue weighted by atomic mass is 79.9. The first kappa shape index (κ1) is 15.9. The number of benzene rings is 1. The molecule has 1 amide bonds. The van der Waals surface area contributed by atoms with E-state index < -0.39 is 0 Å². The lowest BCUT2D eigenvalue weighted by atomic mass is 10.2. The SMILES string of the molecule is Cc1cc(NC(=O)CCc2nc(-c3cccs3)no2)ccc1Br. The molecule has 0 fully saturated rings. The molecule has 0 radical (unpaired) electrons. The minimum atomic E-state index is -0.0809. The van der Waals surface area contributed by atoms with Gasteiger partial charge in [-0.2, -0.15) is 4.98 Å². The van der Waals surface area contributed by atoms with Crippen LogP contribution in [0.4, 0.5) is 5.69 Å². The van der Waals surface area contributed by atoms with E-state index >= 15 is 0 Å². The van der Waals surface area contributed by atoms with Crippen molar-refractivity contribution in [1.29, 1.82) is 0 Å². The molecule has 118 valence electrons. The fraction of sp³-hybridized carbons (Fsp3) is 0.188. The van der Waals surface area contributed by atoms with Gasteiger partial charge in [-0.1, -0.05) is 27.2 Å². The lowest BCUT2D eigenvalue weighted by Gasteiger charge is -2.06. The van der Waals surface area contributed by atoms with E-state index in [4.69, 9.17) is 4.52 Å². The molecule has 23 heavy (non-hydrogen) atoms. The van der Waals surface area contributed by atoms with Gasteiger partial charge in [0.1, 0.15) is 0 Å². The molecule has 0 unspecified atom stereocenters. The number of thiophene rings is 1. The molecule has 3 aromatic rings. The van der Waals surface area contributed by atoms with Gasteiger partial charge in [0, 0.05) is 23.0 Å². The van der Waals surface area contributed by atoms with Crippen LogP contribution in [0.1, 0.15) is 17.9 Å². The number of aromatic nitrogens is 2. The molecule has 0 spiro atoms. The highest BCUT2D eigenvalue weighted by Gasteiger charge is 2.11. The Hall–Kier alpha value is -1.99. The molecule has 7 heteroatoms. The summed E-state index contributed by atoms with van der Waals surface area (Å²) in [6.07, 6.45) is 0.709. The summed E-state index contributed by atoms with van der Waals surface area (Å²) in [7, 11) is 0. The van der Waals surface area contributed by atoms with Crippen molar-refractivity contribution in [3.05, 3.63) is 51.6 Å². The van der Waals surface area contributed by atoms with Gasteiger partial charge in [-0.15, -0.1) is 11.3 Å². The molecule has 3 rings (SSSR count). The summed E-state index contributed by atoms with van der Waals surface area (Å²) >= 11 is 4.99. The maximum Gasteiger partial charge on any atom is 0.227 e. The van der Waals surface area contributed by atoms with Gasteiger partial charge >= 0.3 is 0 Å². The second-order valence-electron chi connectivity index (χ2n) is 5.00. The Morgan fingerprint density at radius 2 is 2.26 bits per heavy atom. The standard InChI is InChI=1S/C16H14BrN3O2S/c1-10-9-11(4-5-12(10)17)18-14(21)6-7-15-19-16(20-22-15)13-3-2-8-23-13/h2-5,8-9H,6-7H2,1H3,(H,18,21). The Balaban J connectivity index is 1.55. The third-order valence-corrected chi connectivity index (χ3v) is 4.97. The largest absolute Gasteiger partial charge is 0.339 e. The van der Waals surface area contributed by atoms with Gasteiger partial charge in [-0.3, -0.25) is 4.79 Å². The van der Waals surface area contributed by atoms with Gasteiger partial charge in [0.2, 0.25) is 17.6 Å². The molecule has 0 aliphatic rings. The number of carbonyl (C=O) groups excluding carboxylic acids is 1. The van der Waals surface area contributed by atoms with Crippen LogP contribution < -0.4 is 5.32 Å². The van der Waals surface area contributed by atoms with Gasteiger partial charge in [0.15, 0.2) is 0 Å². The Kier molecular flexibility index (Phi) is 4.88. The van der Waals surface area contributed by atoms with Crippen LogP contribution in [-0.4, -0.2) is 16.0 Å². The van der Waals surface area contributed by atoms with E-state index in [1.807, 2.05) is 42.6 Å². The van der Waals surface area contributed by atoms with Crippen molar-refractivity contribution in [2.75, 3.05) is 5.32 Å². The average molecular weight is 392 g/mol. The van der Waals surface area contributed by atoms with E-state index in [1.54, 1.807) is 11.3 Å². The van der Waals surface area contributed by atoms with Gasteiger partial charge in [0.25, 0.3) is 0 Å². The summed E-state index contributed by atoms with van der Waals surface area (Å²) in [5.41, 5.74) is 1.85. The van der Waals surface area contributed by atoms with E-state index in [9.17, 15) is 4.79 Å². The highest BCUT2D eigenvalue weighted by Crippen LogP contribution is 2.22. The van der Waals surface area contributed by atoms with Crippen LogP contribution >= 0.6 is 27.3 Å². The number of nitrogens with one attached hydrogen (secondary N) is 1. The predicted octanol–water partition coefficient (Wildman–Crippen LogP) is 4.44. The van der Waals surface area contributed by atoms with Crippen molar-refractivity contribution in [2.45, 2.75) is 19.8 Å². The number of anilines is 1. The monoisotopic (exact) mass is 391 g/mol. The van der Waals surface area contributed by atoms with Gasteiger partial charge in [-0.25, -0.2) is 0 Å². The lowest BCUT2D eigenvalue weighted by Crippen LogP contribution is -2.12. The highest BCUT2D eigenvalue weighted by molar-refractivity contribution is 9.10. The number of aryl methyl sites for hydroxylation is 2. The second-order valence-corrected chi connectivity index (χ2v) is 6.80. The van der Waals surface area contributed by atoms with Crippen molar-refractivity contribution < 1.29 is 9.32 Å². The summed E-state index contributed by atoms with van der Waals surface area (Å²) in [6, 6.07) is 9.56. The van der Waals surface area contributed by atoms with Crippen molar-refractivity contribution in [3.63, 3.8) is 0 Å². The zero-order chi connectivity index (χ0) is 16.2. The molecule has 2 aromatic heterocycles. The molecule has 0 aliphatic heterocycles. The quantitative estimate of drug-likeness (QED) is 0.697. The van der Waals surface area contributed by atoms with Crippen LogP contribution in [0, 0.1) is 6.92 Å². The predicted molar refractivity (Wildman–Crippen MR) is 93.4 cm³/mol.